The highest BCUT2D eigenvalue weighted by Crippen LogP contribution is 2.14. The van der Waals surface area contributed by atoms with Crippen molar-refractivity contribution in [2.75, 3.05) is 6.61 Å². The molecule has 0 radical (unpaired) electrons. The van der Waals surface area contributed by atoms with Crippen LogP contribution in [0.4, 0.5) is 0 Å². The Morgan fingerprint density at radius 2 is 1.89 bits per heavy atom. The van der Waals surface area contributed by atoms with Crippen LogP contribution < -0.4 is 4.74 Å². The molecular formula is C15H13NO3. The van der Waals surface area contributed by atoms with E-state index in [1.165, 1.54) is 0 Å². The largest absolute Gasteiger partial charge is 0.482 e. The number of pyridine rings is 1. The third-order valence-electron chi connectivity index (χ3n) is 2.40. The molecule has 0 aliphatic rings. The summed E-state index contributed by atoms with van der Waals surface area (Å²) in [7, 11) is 0. The molecule has 2 aromatic rings. The smallest absolute Gasteiger partial charge is 0.341 e. The van der Waals surface area contributed by atoms with Gasteiger partial charge in [-0.2, -0.15) is 0 Å². The van der Waals surface area contributed by atoms with Crippen molar-refractivity contribution in [2.45, 2.75) is 0 Å². The summed E-state index contributed by atoms with van der Waals surface area (Å²) in [5.74, 6) is -0.443. The number of carboxylic acid groups (broad SMARTS) is 1. The molecule has 1 aromatic heterocycles. The van der Waals surface area contributed by atoms with Crippen LogP contribution in [0.5, 0.6) is 5.75 Å². The van der Waals surface area contributed by atoms with Crippen LogP contribution in [-0.2, 0) is 4.79 Å². The van der Waals surface area contributed by atoms with Gasteiger partial charge in [-0.1, -0.05) is 30.4 Å². The normalized spacial score (nSPS) is 10.5. The fourth-order valence-corrected chi connectivity index (χ4v) is 1.49. The minimum Gasteiger partial charge on any atom is -0.482 e. The Kier molecular flexibility index (Phi) is 4.29. The number of rotatable bonds is 5. The number of benzene rings is 1. The SMILES string of the molecule is O=C(O)COc1ccc(/C=C/c2cccnc2)cc1. The van der Waals surface area contributed by atoms with E-state index >= 15 is 0 Å². The molecule has 0 atom stereocenters. The van der Waals surface area contributed by atoms with Crippen molar-refractivity contribution in [2.24, 2.45) is 0 Å². The highest BCUT2D eigenvalue weighted by atomic mass is 16.5. The third-order valence-corrected chi connectivity index (χ3v) is 2.40. The Labute approximate surface area is 111 Å². The van der Waals surface area contributed by atoms with Gasteiger partial charge in [-0.15, -0.1) is 0 Å². The molecule has 0 fully saturated rings. The Bertz CT molecular complexity index is 562. The van der Waals surface area contributed by atoms with Crippen molar-refractivity contribution in [3.05, 3.63) is 59.9 Å². The molecule has 2 rings (SSSR count). The molecule has 19 heavy (non-hydrogen) atoms. The second kappa shape index (κ2) is 6.35. The molecule has 1 N–H and O–H groups in total. The molecule has 4 heteroatoms. The molecule has 1 heterocycles. The number of hydrogen-bond donors (Lipinski definition) is 1. The molecule has 0 aliphatic heterocycles. The predicted molar refractivity (Wildman–Crippen MR) is 72.7 cm³/mol. The number of ether oxygens (including phenoxy) is 1. The molecular weight excluding hydrogens is 242 g/mol. The Hall–Kier alpha value is -2.62. The monoisotopic (exact) mass is 255 g/mol. The minimum atomic E-state index is -0.986. The average Bonchev–Trinajstić information content (AvgIpc) is 2.45. The standard InChI is InChI=1S/C15H13NO3/c17-15(18)11-19-14-7-5-12(6-8-14)3-4-13-2-1-9-16-10-13/h1-10H,11H2,(H,17,18)/b4-3+. The quantitative estimate of drug-likeness (QED) is 0.892. The maximum Gasteiger partial charge on any atom is 0.341 e. The van der Waals surface area contributed by atoms with Crippen molar-refractivity contribution in [1.29, 1.82) is 0 Å². The van der Waals surface area contributed by atoms with Gasteiger partial charge in [0.1, 0.15) is 5.75 Å². The van der Waals surface area contributed by atoms with Crippen molar-refractivity contribution < 1.29 is 14.6 Å². The van der Waals surface area contributed by atoms with E-state index in [4.69, 9.17) is 9.84 Å². The van der Waals surface area contributed by atoms with Crippen molar-refractivity contribution in [3.8, 4) is 5.75 Å². The highest BCUT2D eigenvalue weighted by molar-refractivity contribution is 5.70. The summed E-state index contributed by atoms with van der Waals surface area (Å²) in [6.45, 7) is -0.329. The van der Waals surface area contributed by atoms with E-state index in [0.717, 1.165) is 11.1 Å². The number of nitrogens with zero attached hydrogens (tertiary/aromatic N) is 1. The number of hydrogen-bond acceptors (Lipinski definition) is 3. The van der Waals surface area contributed by atoms with E-state index < -0.39 is 5.97 Å². The van der Waals surface area contributed by atoms with Gasteiger partial charge in [0.25, 0.3) is 0 Å². The van der Waals surface area contributed by atoms with E-state index in [0.29, 0.717) is 5.75 Å². The lowest BCUT2D eigenvalue weighted by Gasteiger charge is -2.02. The summed E-state index contributed by atoms with van der Waals surface area (Å²) in [4.78, 5) is 14.4. The number of carbonyl (C=O) groups is 1. The maximum atomic E-state index is 10.4. The number of carboxylic acids is 1. The summed E-state index contributed by atoms with van der Waals surface area (Å²) in [5, 5.41) is 8.50. The molecule has 0 bridgehead atoms. The molecule has 0 saturated heterocycles. The number of aliphatic carboxylic acids is 1. The minimum absolute atomic E-state index is 0.329. The summed E-state index contributed by atoms with van der Waals surface area (Å²) in [6.07, 6.45) is 7.42. The molecule has 0 saturated carbocycles. The first kappa shape index (κ1) is 12.8. The van der Waals surface area contributed by atoms with E-state index in [-0.39, 0.29) is 6.61 Å². The van der Waals surface area contributed by atoms with E-state index in [9.17, 15) is 4.79 Å². The first-order chi connectivity index (χ1) is 9.24. The average molecular weight is 255 g/mol. The van der Waals surface area contributed by atoms with Crippen LogP contribution >= 0.6 is 0 Å². The molecule has 96 valence electrons. The summed E-state index contributed by atoms with van der Waals surface area (Å²) in [5.41, 5.74) is 2.03. The zero-order valence-electron chi connectivity index (χ0n) is 10.2. The highest BCUT2D eigenvalue weighted by Gasteiger charge is 1.98. The predicted octanol–water partition coefficient (Wildman–Crippen LogP) is 2.72. The van der Waals surface area contributed by atoms with Crippen LogP contribution in [0.3, 0.4) is 0 Å². The molecule has 4 nitrogen and oxygen atoms in total. The Balaban J connectivity index is 1.99. The van der Waals surface area contributed by atoms with Crippen LogP contribution in [0.15, 0.2) is 48.8 Å². The Morgan fingerprint density at radius 1 is 1.16 bits per heavy atom. The zero-order valence-corrected chi connectivity index (χ0v) is 10.2. The third kappa shape index (κ3) is 4.27. The van der Waals surface area contributed by atoms with Gasteiger partial charge >= 0.3 is 5.97 Å². The summed E-state index contributed by atoms with van der Waals surface area (Å²) in [6, 6.07) is 11.1. The fraction of sp³-hybridized carbons (Fsp3) is 0.0667. The molecule has 1 aromatic carbocycles. The maximum absolute atomic E-state index is 10.4. The van der Waals surface area contributed by atoms with Gasteiger partial charge in [-0.3, -0.25) is 4.98 Å². The van der Waals surface area contributed by atoms with Gasteiger partial charge in [-0.05, 0) is 29.3 Å². The lowest BCUT2D eigenvalue weighted by molar-refractivity contribution is -0.139. The lowest BCUT2D eigenvalue weighted by Crippen LogP contribution is -2.09. The van der Waals surface area contributed by atoms with Gasteiger partial charge in [0.15, 0.2) is 6.61 Å². The summed E-state index contributed by atoms with van der Waals surface area (Å²) < 4.78 is 5.05. The van der Waals surface area contributed by atoms with Crippen molar-refractivity contribution in [3.63, 3.8) is 0 Å². The first-order valence-corrected chi connectivity index (χ1v) is 5.77. The molecule has 0 amide bonds. The molecule has 0 unspecified atom stereocenters. The second-order valence-corrected chi connectivity index (χ2v) is 3.87. The first-order valence-electron chi connectivity index (χ1n) is 5.77. The molecule has 0 aliphatic carbocycles. The Morgan fingerprint density at radius 3 is 2.53 bits per heavy atom. The van der Waals surface area contributed by atoms with E-state index in [1.807, 2.05) is 36.4 Å². The van der Waals surface area contributed by atoms with Crippen LogP contribution in [0.2, 0.25) is 0 Å². The van der Waals surface area contributed by atoms with E-state index in [2.05, 4.69) is 4.98 Å². The summed E-state index contributed by atoms with van der Waals surface area (Å²) >= 11 is 0. The number of aromatic nitrogens is 1. The second-order valence-electron chi connectivity index (χ2n) is 3.87. The van der Waals surface area contributed by atoms with Crippen LogP contribution in [0, 0.1) is 0 Å². The van der Waals surface area contributed by atoms with Gasteiger partial charge in [0, 0.05) is 12.4 Å². The van der Waals surface area contributed by atoms with E-state index in [1.54, 1.807) is 24.5 Å². The van der Waals surface area contributed by atoms with Crippen molar-refractivity contribution >= 4 is 18.1 Å². The van der Waals surface area contributed by atoms with Crippen molar-refractivity contribution in [1.82, 2.24) is 4.98 Å². The molecule has 0 spiro atoms. The van der Waals surface area contributed by atoms with Gasteiger partial charge in [0.2, 0.25) is 0 Å². The zero-order chi connectivity index (χ0) is 13.5. The van der Waals surface area contributed by atoms with Gasteiger partial charge in [0.05, 0.1) is 0 Å². The van der Waals surface area contributed by atoms with Gasteiger partial charge < -0.3 is 9.84 Å². The van der Waals surface area contributed by atoms with Crippen LogP contribution in [0.25, 0.3) is 12.2 Å². The van der Waals surface area contributed by atoms with Crippen LogP contribution in [0.1, 0.15) is 11.1 Å². The lowest BCUT2D eigenvalue weighted by atomic mass is 10.1. The fourth-order valence-electron chi connectivity index (χ4n) is 1.49. The topological polar surface area (TPSA) is 59.4 Å². The van der Waals surface area contributed by atoms with Crippen LogP contribution in [-0.4, -0.2) is 22.7 Å². The van der Waals surface area contributed by atoms with Gasteiger partial charge in [-0.25, -0.2) is 4.79 Å².